The number of halogens is 1. The van der Waals surface area contributed by atoms with Gasteiger partial charge in [0.25, 0.3) is 5.35 Å². The van der Waals surface area contributed by atoms with Crippen LogP contribution in [0.1, 0.15) is 12.6 Å². The van der Waals surface area contributed by atoms with E-state index in [0.717, 1.165) is 0 Å². The third-order valence-electron chi connectivity index (χ3n) is 0.932. The highest BCUT2D eigenvalue weighted by Gasteiger charge is 2.00. The average molecular weight is 178 g/mol. The molecule has 0 spiro atoms. The van der Waals surface area contributed by atoms with Gasteiger partial charge < -0.3 is 4.42 Å². The van der Waals surface area contributed by atoms with Gasteiger partial charge in [0.15, 0.2) is 0 Å². The van der Waals surface area contributed by atoms with Gasteiger partial charge in [0.2, 0.25) is 0 Å². The first-order chi connectivity index (χ1) is 5.33. The fourth-order valence-corrected chi connectivity index (χ4v) is 0.687. The number of hydrogen-bond donors (Lipinski definition) is 0. The molecule has 0 saturated heterocycles. The van der Waals surface area contributed by atoms with Crippen molar-refractivity contribution in [3.8, 4) is 0 Å². The van der Waals surface area contributed by atoms with Crippen molar-refractivity contribution in [2.24, 2.45) is 0 Å². The summed E-state index contributed by atoms with van der Waals surface area (Å²) in [6, 6.07) is 0. The molecule has 0 aliphatic carbocycles. The van der Waals surface area contributed by atoms with Gasteiger partial charge in [-0.05, 0) is 18.5 Å². The van der Waals surface area contributed by atoms with Crippen LogP contribution in [0.25, 0.3) is 0 Å². The lowest BCUT2D eigenvalue weighted by Gasteiger charge is -1.95. The molecule has 1 rings (SSSR count). The molecule has 62 valence electrons. The third kappa shape index (κ3) is 2.88. The summed E-state index contributed by atoms with van der Waals surface area (Å²) in [7, 11) is 0. The minimum atomic E-state index is 0.111. The second kappa shape index (κ2) is 4.33. The van der Waals surface area contributed by atoms with Gasteiger partial charge in [-0.2, -0.15) is 0 Å². The van der Waals surface area contributed by atoms with Gasteiger partial charge in [-0.25, -0.2) is 14.8 Å². The zero-order valence-electron chi connectivity index (χ0n) is 6.04. The molecule has 0 aliphatic rings. The van der Waals surface area contributed by atoms with E-state index in [-0.39, 0.29) is 12.0 Å². The molecule has 1 heterocycles. The summed E-state index contributed by atoms with van der Waals surface area (Å²) in [6.07, 6.45) is 1.42. The molecule has 0 aromatic carbocycles. The van der Waals surface area contributed by atoms with Crippen LogP contribution < -0.4 is 0 Å². The van der Waals surface area contributed by atoms with Crippen molar-refractivity contribution in [2.45, 2.75) is 13.5 Å². The fourth-order valence-electron chi connectivity index (χ4n) is 0.534. The molecule has 5 heteroatoms. The Kier molecular flexibility index (Phi) is 3.35. The van der Waals surface area contributed by atoms with Crippen molar-refractivity contribution in [3.63, 3.8) is 0 Å². The van der Waals surface area contributed by atoms with Gasteiger partial charge in [0.1, 0.15) is 18.6 Å². The standard InChI is InChI=1S/C6H8ClNO3/c1-2-10-11-4-5-3-9-6(7)8-5/h3H,2,4H2,1H3. The molecule has 1 aromatic rings. The van der Waals surface area contributed by atoms with Crippen LogP contribution in [0.2, 0.25) is 5.35 Å². The van der Waals surface area contributed by atoms with Gasteiger partial charge in [-0.1, -0.05) is 0 Å². The molecule has 1 aromatic heterocycles. The van der Waals surface area contributed by atoms with E-state index in [9.17, 15) is 0 Å². The van der Waals surface area contributed by atoms with Crippen LogP contribution in [0.3, 0.4) is 0 Å². The van der Waals surface area contributed by atoms with E-state index < -0.39 is 0 Å². The zero-order valence-corrected chi connectivity index (χ0v) is 6.80. The summed E-state index contributed by atoms with van der Waals surface area (Å²) < 4.78 is 4.71. The molecule has 0 unspecified atom stereocenters. The van der Waals surface area contributed by atoms with Crippen molar-refractivity contribution >= 4 is 11.6 Å². The Bertz CT molecular complexity index is 213. The Morgan fingerprint density at radius 3 is 3.00 bits per heavy atom. The number of nitrogens with zero attached hydrogens (tertiary/aromatic N) is 1. The van der Waals surface area contributed by atoms with E-state index in [0.29, 0.717) is 12.3 Å². The van der Waals surface area contributed by atoms with Crippen LogP contribution in [-0.2, 0) is 16.4 Å². The van der Waals surface area contributed by atoms with Crippen molar-refractivity contribution in [3.05, 3.63) is 17.3 Å². The van der Waals surface area contributed by atoms with Crippen LogP contribution in [0.5, 0.6) is 0 Å². The Balaban J connectivity index is 2.27. The second-order valence-corrected chi connectivity index (χ2v) is 2.08. The van der Waals surface area contributed by atoms with E-state index in [1.807, 2.05) is 6.92 Å². The van der Waals surface area contributed by atoms with Crippen LogP contribution in [0, 0.1) is 0 Å². The summed E-state index contributed by atoms with van der Waals surface area (Å²) in [5.41, 5.74) is 0.614. The highest BCUT2D eigenvalue weighted by molar-refractivity contribution is 6.27. The Hall–Kier alpha value is -0.580. The molecule has 4 nitrogen and oxygen atoms in total. The molecule has 0 atom stereocenters. The second-order valence-electron chi connectivity index (χ2n) is 1.76. The first kappa shape index (κ1) is 8.52. The largest absolute Gasteiger partial charge is 0.436 e. The van der Waals surface area contributed by atoms with E-state index in [4.69, 9.17) is 20.9 Å². The molecule has 0 bridgehead atoms. The van der Waals surface area contributed by atoms with E-state index in [2.05, 4.69) is 9.87 Å². The van der Waals surface area contributed by atoms with Crippen molar-refractivity contribution in [2.75, 3.05) is 6.61 Å². The molecule has 0 aliphatic heterocycles. The first-order valence-electron chi connectivity index (χ1n) is 3.17. The SMILES string of the molecule is CCOOCc1coc(Cl)n1. The number of aromatic nitrogens is 1. The van der Waals surface area contributed by atoms with Crippen LogP contribution in [0.4, 0.5) is 0 Å². The van der Waals surface area contributed by atoms with Crippen molar-refractivity contribution < 1.29 is 14.2 Å². The summed E-state index contributed by atoms with van der Waals surface area (Å²) in [5, 5.41) is 0.111. The van der Waals surface area contributed by atoms with Gasteiger partial charge in [0.05, 0.1) is 6.61 Å². The van der Waals surface area contributed by atoms with Gasteiger partial charge in [0, 0.05) is 0 Å². The number of hydrogen-bond acceptors (Lipinski definition) is 4. The summed E-state index contributed by atoms with van der Waals surface area (Å²) in [5.74, 6) is 0. The molecule has 11 heavy (non-hydrogen) atoms. The molecule has 0 N–H and O–H groups in total. The highest BCUT2D eigenvalue weighted by Crippen LogP contribution is 2.07. The minimum absolute atomic E-state index is 0.111. The lowest BCUT2D eigenvalue weighted by atomic mass is 10.5. The van der Waals surface area contributed by atoms with Crippen molar-refractivity contribution in [1.29, 1.82) is 0 Å². The van der Waals surface area contributed by atoms with Gasteiger partial charge >= 0.3 is 0 Å². The summed E-state index contributed by atoms with van der Waals surface area (Å²) in [6.45, 7) is 2.59. The maximum Gasteiger partial charge on any atom is 0.292 e. The van der Waals surface area contributed by atoms with E-state index in [1.54, 1.807) is 0 Å². The normalized spacial score (nSPS) is 10.4. The number of rotatable bonds is 4. The van der Waals surface area contributed by atoms with Crippen molar-refractivity contribution in [1.82, 2.24) is 4.98 Å². The lowest BCUT2D eigenvalue weighted by molar-refractivity contribution is -0.301. The Labute approximate surface area is 69.0 Å². The molecular weight excluding hydrogens is 170 g/mol. The minimum Gasteiger partial charge on any atom is -0.436 e. The highest BCUT2D eigenvalue weighted by atomic mass is 35.5. The molecule has 0 fully saturated rings. The van der Waals surface area contributed by atoms with E-state index in [1.165, 1.54) is 6.26 Å². The molecular formula is C6H8ClNO3. The monoisotopic (exact) mass is 177 g/mol. The smallest absolute Gasteiger partial charge is 0.292 e. The van der Waals surface area contributed by atoms with Crippen LogP contribution >= 0.6 is 11.6 Å². The topological polar surface area (TPSA) is 44.5 Å². The van der Waals surface area contributed by atoms with Gasteiger partial charge in [-0.15, -0.1) is 0 Å². The predicted molar refractivity (Wildman–Crippen MR) is 37.9 cm³/mol. The maximum absolute atomic E-state index is 5.40. The molecule has 0 radical (unpaired) electrons. The predicted octanol–water partition coefficient (Wildman–Crippen LogP) is 1.80. The summed E-state index contributed by atoms with van der Waals surface area (Å²) in [4.78, 5) is 13.1. The zero-order chi connectivity index (χ0) is 8.10. The maximum atomic E-state index is 5.40. The average Bonchev–Trinajstić information content (AvgIpc) is 2.37. The third-order valence-corrected chi connectivity index (χ3v) is 1.11. The van der Waals surface area contributed by atoms with Gasteiger partial charge in [-0.3, -0.25) is 0 Å². The lowest BCUT2D eigenvalue weighted by Crippen LogP contribution is -1.94. The summed E-state index contributed by atoms with van der Waals surface area (Å²) >= 11 is 5.40. The Morgan fingerprint density at radius 1 is 1.64 bits per heavy atom. The van der Waals surface area contributed by atoms with E-state index >= 15 is 0 Å². The van der Waals surface area contributed by atoms with Crippen LogP contribution in [-0.4, -0.2) is 11.6 Å². The Morgan fingerprint density at radius 2 is 2.45 bits per heavy atom. The number of oxazole rings is 1. The first-order valence-corrected chi connectivity index (χ1v) is 3.55. The fraction of sp³-hybridized carbons (Fsp3) is 0.500. The van der Waals surface area contributed by atoms with Crippen LogP contribution in [0.15, 0.2) is 10.7 Å². The molecule has 0 saturated carbocycles. The quantitative estimate of drug-likeness (QED) is 0.400. The molecule has 0 amide bonds.